The van der Waals surface area contributed by atoms with E-state index in [0.717, 1.165) is 18.4 Å². The number of aryl methyl sites for hydroxylation is 1. The third-order valence-corrected chi connectivity index (χ3v) is 5.61. The van der Waals surface area contributed by atoms with E-state index in [-0.39, 0.29) is 11.5 Å². The Kier molecular flexibility index (Phi) is 5.47. The van der Waals surface area contributed by atoms with Gasteiger partial charge in [0.1, 0.15) is 0 Å². The van der Waals surface area contributed by atoms with Gasteiger partial charge in [0.25, 0.3) is 5.56 Å². The quantitative estimate of drug-likeness (QED) is 0.611. The Morgan fingerprint density at radius 3 is 2.55 bits per heavy atom. The molecule has 3 aromatic rings. The van der Waals surface area contributed by atoms with E-state index in [9.17, 15) is 9.59 Å². The minimum absolute atomic E-state index is 0.0920. The van der Waals surface area contributed by atoms with Crippen molar-refractivity contribution in [1.82, 2.24) is 14.5 Å². The maximum atomic E-state index is 12.9. The van der Waals surface area contributed by atoms with Gasteiger partial charge in [0.2, 0.25) is 5.91 Å². The second-order valence-electron chi connectivity index (χ2n) is 8.16. The van der Waals surface area contributed by atoms with E-state index in [1.807, 2.05) is 23.1 Å². The fourth-order valence-electron chi connectivity index (χ4n) is 3.64. The van der Waals surface area contributed by atoms with Gasteiger partial charge in [-0.2, -0.15) is 0 Å². The zero-order chi connectivity index (χ0) is 20.4. The molecule has 5 heteroatoms. The lowest BCUT2D eigenvalue weighted by Crippen LogP contribution is -2.34. The Balaban J connectivity index is 1.44. The van der Waals surface area contributed by atoms with Crippen molar-refractivity contribution < 1.29 is 4.79 Å². The molecule has 1 amide bonds. The molecule has 2 aromatic carbocycles. The van der Waals surface area contributed by atoms with Gasteiger partial charge in [0.05, 0.1) is 17.2 Å². The lowest BCUT2D eigenvalue weighted by molar-refractivity contribution is -0.132. The maximum absolute atomic E-state index is 12.9. The Bertz CT molecular complexity index is 1070. The van der Waals surface area contributed by atoms with Crippen LogP contribution < -0.4 is 5.56 Å². The summed E-state index contributed by atoms with van der Waals surface area (Å²) in [6, 6.07) is 16.2. The molecule has 0 N–H and O–H groups in total. The third kappa shape index (κ3) is 4.39. The van der Waals surface area contributed by atoms with Crippen LogP contribution >= 0.6 is 0 Å². The first kappa shape index (κ1) is 19.4. The lowest BCUT2D eigenvalue weighted by atomic mass is 10.0. The molecule has 0 radical (unpaired) electrons. The molecule has 0 saturated heterocycles. The monoisotopic (exact) mass is 389 g/mol. The van der Waals surface area contributed by atoms with Gasteiger partial charge < -0.3 is 4.90 Å². The van der Waals surface area contributed by atoms with Crippen LogP contribution in [0.1, 0.15) is 50.2 Å². The molecule has 1 heterocycles. The summed E-state index contributed by atoms with van der Waals surface area (Å²) in [6.45, 7) is 5.34. The van der Waals surface area contributed by atoms with Crippen LogP contribution in [-0.2, 0) is 17.9 Å². The minimum atomic E-state index is -0.0920. The number of hydrogen-bond donors (Lipinski definition) is 0. The van der Waals surface area contributed by atoms with Gasteiger partial charge in [-0.1, -0.05) is 50.2 Å². The van der Waals surface area contributed by atoms with Crippen molar-refractivity contribution in [2.24, 2.45) is 0 Å². The molecule has 29 heavy (non-hydrogen) atoms. The number of hydrogen-bond acceptors (Lipinski definition) is 3. The standard InChI is InChI=1S/C24H27N3O2/c1-17(2)19-9-7-18(8-10-19)15-27(20-11-12-20)23(28)13-14-26-16-25-22-6-4-3-5-21(22)24(26)29/h3-10,16-17,20H,11-15H2,1-2H3. The van der Waals surface area contributed by atoms with Gasteiger partial charge in [-0.15, -0.1) is 0 Å². The third-order valence-electron chi connectivity index (χ3n) is 5.61. The van der Waals surface area contributed by atoms with Gasteiger partial charge in [0, 0.05) is 25.6 Å². The van der Waals surface area contributed by atoms with Crippen LogP contribution in [0.25, 0.3) is 10.9 Å². The summed E-state index contributed by atoms with van der Waals surface area (Å²) in [5.41, 5.74) is 3.05. The number of fused-ring (bicyclic) bond motifs is 1. The van der Waals surface area contributed by atoms with E-state index in [4.69, 9.17) is 0 Å². The Labute approximate surface area is 171 Å². The molecule has 0 atom stereocenters. The van der Waals surface area contributed by atoms with Crippen LogP contribution in [0.4, 0.5) is 0 Å². The fraction of sp³-hybridized carbons (Fsp3) is 0.375. The largest absolute Gasteiger partial charge is 0.335 e. The van der Waals surface area contributed by atoms with Gasteiger partial charge in [-0.25, -0.2) is 4.98 Å². The second-order valence-corrected chi connectivity index (χ2v) is 8.16. The van der Waals surface area contributed by atoms with Gasteiger partial charge in [-0.05, 0) is 42.0 Å². The van der Waals surface area contributed by atoms with Crippen molar-refractivity contribution in [1.29, 1.82) is 0 Å². The van der Waals surface area contributed by atoms with Crippen LogP contribution in [0.15, 0.2) is 59.7 Å². The molecule has 5 nitrogen and oxygen atoms in total. The molecule has 1 aromatic heterocycles. The highest BCUT2D eigenvalue weighted by Gasteiger charge is 2.32. The van der Waals surface area contributed by atoms with Crippen molar-refractivity contribution in [2.75, 3.05) is 0 Å². The lowest BCUT2D eigenvalue weighted by Gasteiger charge is -2.23. The molecule has 4 rings (SSSR count). The highest BCUT2D eigenvalue weighted by atomic mass is 16.2. The van der Waals surface area contributed by atoms with Crippen LogP contribution in [0.2, 0.25) is 0 Å². The van der Waals surface area contributed by atoms with Crippen molar-refractivity contribution in [3.05, 3.63) is 76.3 Å². The summed E-state index contributed by atoms with van der Waals surface area (Å²) in [6.07, 6.45) is 3.98. The van der Waals surface area contributed by atoms with E-state index in [1.54, 1.807) is 17.0 Å². The van der Waals surface area contributed by atoms with E-state index in [2.05, 4.69) is 43.1 Å². The zero-order valence-corrected chi connectivity index (χ0v) is 17.0. The van der Waals surface area contributed by atoms with Gasteiger partial charge in [-0.3, -0.25) is 14.2 Å². The molecule has 0 unspecified atom stereocenters. The Morgan fingerprint density at radius 2 is 1.86 bits per heavy atom. The van der Waals surface area contributed by atoms with Crippen molar-refractivity contribution in [2.45, 2.75) is 58.2 Å². The van der Waals surface area contributed by atoms with Crippen molar-refractivity contribution >= 4 is 16.8 Å². The second kappa shape index (κ2) is 8.19. The smallest absolute Gasteiger partial charge is 0.261 e. The molecular formula is C24H27N3O2. The van der Waals surface area contributed by atoms with Crippen LogP contribution in [0.3, 0.4) is 0 Å². The van der Waals surface area contributed by atoms with E-state index < -0.39 is 0 Å². The van der Waals surface area contributed by atoms with Gasteiger partial charge >= 0.3 is 0 Å². The molecule has 0 aliphatic heterocycles. The minimum Gasteiger partial charge on any atom is -0.335 e. The summed E-state index contributed by atoms with van der Waals surface area (Å²) >= 11 is 0. The summed E-state index contributed by atoms with van der Waals surface area (Å²) in [5, 5.41) is 0.590. The van der Waals surface area contributed by atoms with Crippen LogP contribution in [-0.4, -0.2) is 26.4 Å². The molecule has 1 saturated carbocycles. The number of carbonyl (C=O) groups excluding carboxylic acids is 1. The first-order chi connectivity index (χ1) is 14.0. The number of nitrogens with zero attached hydrogens (tertiary/aromatic N) is 3. The van der Waals surface area contributed by atoms with E-state index in [0.29, 0.717) is 42.4 Å². The summed E-state index contributed by atoms with van der Waals surface area (Å²) in [7, 11) is 0. The number of rotatable bonds is 7. The predicted molar refractivity (Wildman–Crippen MR) is 115 cm³/mol. The molecular weight excluding hydrogens is 362 g/mol. The predicted octanol–water partition coefficient (Wildman–Crippen LogP) is 4.10. The van der Waals surface area contributed by atoms with Crippen molar-refractivity contribution in [3.63, 3.8) is 0 Å². The number of amides is 1. The molecule has 1 fully saturated rings. The number of aromatic nitrogens is 2. The van der Waals surface area contributed by atoms with E-state index >= 15 is 0 Å². The fourth-order valence-corrected chi connectivity index (χ4v) is 3.64. The molecule has 0 spiro atoms. The first-order valence-electron chi connectivity index (χ1n) is 10.4. The SMILES string of the molecule is CC(C)c1ccc(CN(C(=O)CCn2cnc3ccccc3c2=O)C2CC2)cc1. The normalized spacial score (nSPS) is 13.8. The number of para-hydroxylation sites is 1. The first-order valence-corrected chi connectivity index (χ1v) is 10.4. The topological polar surface area (TPSA) is 55.2 Å². The molecule has 0 bridgehead atoms. The molecule has 1 aliphatic carbocycles. The Morgan fingerprint density at radius 1 is 1.14 bits per heavy atom. The summed E-state index contributed by atoms with van der Waals surface area (Å²) < 4.78 is 1.54. The average Bonchev–Trinajstić information content (AvgIpc) is 3.57. The van der Waals surface area contributed by atoms with Crippen LogP contribution in [0, 0.1) is 0 Å². The van der Waals surface area contributed by atoms with Crippen molar-refractivity contribution in [3.8, 4) is 0 Å². The highest BCUT2D eigenvalue weighted by Crippen LogP contribution is 2.29. The van der Waals surface area contributed by atoms with E-state index in [1.165, 1.54) is 5.56 Å². The summed E-state index contributed by atoms with van der Waals surface area (Å²) in [4.78, 5) is 31.9. The average molecular weight is 389 g/mol. The highest BCUT2D eigenvalue weighted by molar-refractivity contribution is 5.78. The Hall–Kier alpha value is -2.95. The summed E-state index contributed by atoms with van der Waals surface area (Å²) in [5.74, 6) is 0.597. The zero-order valence-electron chi connectivity index (χ0n) is 17.0. The number of carbonyl (C=O) groups is 1. The number of benzene rings is 2. The molecule has 1 aliphatic rings. The molecule has 150 valence electrons. The van der Waals surface area contributed by atoms with Crippen LogP contribution in [0.5, 0.6) is 0 Å². The maximum Gasteiger partial charge on any atom is 0.261 e. The van der Waals surface area contributed by atoms with Gasteiger partial charge in [0.15, 0.2) is 0 Å².